The number of guanidine groups is 1. The normalized spacial score (nSPS) is 11.2. The van der Waals surface area contributed by atoms with Crippen LogP contribution in [0.3, 0.4) is 0 Å². The molecule has 1 aromatic carbocycles. The lowest BCUT2D eigenvalue weighted by atomic mass is 10.3. The quantitative estimate of drug-likeness (QED) is 0.330. The zero-order valence-corrected chi connectivity index (χ0v) is 16.5. The lowest BCUT2D eigenvalue weighted by Gasteiger charge is -2.11. The molecule has 1 amide bonds. The van der Waals surface area contributed by atoms with Gasteiger partial charge in [-0.1, -0.05) is 15.9 Å². The van der Waals surface area contributed by atoms with Gasteiger partial charge in [0.2, 0.25) is 5.91 Å². The summed E-state index contributed by atoms with van der Waals surface area (Å²) in [5, 5.41) is 13.4. The Morgan fingerprint density at radius 1 is 1.27 bits per heavy atom. The standard InChI is InChI=1S/C18H25BrN6O/c1-2-20-18(21-10-3-13-25-14-4-11-23-25)22-12-9-17(26)24-16-7-5-15(19)6-8-16/h4-8,11,14H,2-3,9-10,12-13H2,1H3,(H,24,26)(H2,20,21,22). The Balaban J connectivity index is 1.68. The number of aromatic nitrogens is 2. The van der Waals surface area contributed by atoms with Crippen LogP contribution >= 0.6 is 15.9 Å². The number of halogens is 1. The molecule has 0 saturated heterocycles. The minimum absolute atomic E-state index is 0.0330. The highest BCUT2D eigenvalue weighted by Crippen LogP contribution is 2.14. The fraction of sp³-hybridized carbons (Fsp3) is 0.389. The minimum atomic E-state index is -0.0330. The second-order valence-electron chi connectivity index (χ2n) is 5.62. The highest BCUT2D eigenvalue weighted by molar-refractivity contribution is 9.10. The average molecular weight is 421 g/mol. The molecule has 2 rings (SSSR count). The Bertz CT molecular complexity index is 684. The van der Waals surface area contributed by atoms with Crippen LogP contribution in [0.1, 0.15) is 19.8 Å². The molecule has 0 aliphatic heterocycles. The molecule has 0 aliphatic rings. The van der Waals surface area contributed by atoms with Gasteiger partial charge in [0.1, 0.15) is 0 Å². The summed E-state index contributed by atoms with van der Waals surface area (Å²) in [5.74, 6) is 0.693. The maximum Gasteiger partial charge on any atom is 0.226 e. The lowest BCUT2D eigenvalue weighted by Crippen LogP contribution is -2.38. The van der Waals surface area contributed by atoms with Crippen molar-refractivity contribution >= 4 is 33.5 Å². The monoisotopic (exact) mass is 420 g/mol. The largest absolute Gasteiger partial charge is 0.357 e. The first-order chi connectivity index (χ1) is 12.7. The highest BCUT2D eigenvalue weighted by Gasteiger charge is 2.03. The topological polar surface area (TPSA) is 83.3 Å². The molecule has 3 N–H and O–H groups in total. The van der Waals surface area contributed by atoms with E-state index in [4.69, 9.17) is 0 Å². The van der Waals surface area contributed by atoms with Gasteiger partial charge < -0.3 is 16.0 Å². The number of aryl methyl sites for hydroxylation is 1. The van der Waals surface area contributed by atoms with Crippen LogP contribution in [0.2, 0.25) is 0 Å². The van der Waals surface area contributed by atoms with Gasteiger partial charge in [0, 0.05) is 55.2 Å². The summed E-state index contributed by atoms with van der Waals surface area (Å²) in [6.07, 6.45) is 4.99. The van der Waals surface area contributed by atoms with Gasteiger partial charge in [0.25, 0.3) is 0 Å². The SMILES string of the molecule is CCNC(=NCCCn1cccn1)NCCC(=O)Nc1ccc(Br)cc1. The van der Waals surface area contributed by atoms with E-state index in [9.17, 15) is 4.79 Å². The van der Waals surface area contributed by atoms with Crippen molar-refractivity contribution in [3.05, 3.63) is 47.2 Å². The molecule has 140 valence electrons. The van der Waals surface area contributed by atoms with E-state index in [0.29, 0.717) is 19.5 Å². The van der Waals surface area contributed by atoms with Crippen molar-refractivity contribution in [2.75, 3.05) is 25.0 Å². The number of amides is 1. The molecule has 0 atom stereocenters. The summed E-state index contributed by atoms with van der Waals surface area (Å²) in [7, 11) is 0. The predicted octanol–water partition coefficient (Wildman–Crippen LogP) is 2.62. The molecule has 2 aromatic rings. The van der Waals surface area contributed by atoms with Crippen LogP contribution in [-0.2, 0) is 11.3 Å². The third-order valence-electron chi connectivity index (χ3n) is 3.49. The third kappa shape index (κ3) is 7.69. The number of aliphatic imine (C=N–C) groups is 1. The third-order valence-corrected chi connectivity index (χ3v) is 4.02. The average Bonchev–Trinajstić information content (AvgIpc) is 3.14. The molecule has 7 nitrogen and oxygen atoms in total. The molecule has 0 saturated carbocycles. The number of benzene rings is 1. The van der Waals surface area contributed by atoms with Crippen molar-refractivity contribution in [2.24, 2.45) is 4.99 Å². The van der Waals surface area contributed by atoms with Crippen LogP contribution in [0, 0.1) is 0 Å². The number of nitrogens with zero attached hydrogens (tertiary/aromatic N) is 3. The summed E-state index contributed by atoms with van der Waals surface area (Å²) in [6.45, 7) is 4.84. The number of carbonyl (C=O) groups is 1. The lowest BCUT2D eigenvalue weighted by molar-refractivity contribution is -0.116. The molecule has 0 unspecified atom stereocenters. The smallest absolute Gasteiger partial charge is 0.226 e. The Morgan fingerprint density at radius 2 is 2.08 bits per heavy atom. The van der Waals surface area contributed by atoms with E-state index in [1.807, 2.05) is 48.1 Å². The highest BCUT2D eigenvalue weighted by atomic mass is 79.9. The van der Waals surface area contributed by atoms with E-state index in [1.54, 1.807) is 6.20 Å². The molecule has 0 bridgehead atoms. The number of carbonyl (C=O) groups excluding carboxylic acids is 1. The van der Waals surface area contributed by atoms with Crippen molar-refractivity contribution in [1.82, 2.24) is 20.4 Å². The molecule has 0 radical (unpaired) electrons. The summed E-state index contributed by atoms with van der Waals surface area (Å²) >= 11 is 3.37. The summed E-state index contributed by atoms with van der Waals surface area (Å²) < 4.78 is 2.87. The van der Waals surface area contributed by atoms with Gasteiger partial charge in [0.05, 0.1) is 0 Å². The van der Waals surface area contributed by atoms with E-state index >= 15 is 0 Å². The van der Waals surface area contributed by atoms with Crippen LogP contribution in [0.15, 0.2) is 52.2 Å². The molecule has 0 spiro atoms. The van der Waals surface area contributed by atoms with Crippen LogP contribution in [0.4, 0.5) is 5.69 Å². The van der Waals surface area contributed by atoms with Crippen LogP contribution in [-0.4, -0.2) is 41.3 Å². The van der Waals surface area contributed by atoms with Gasteiger partial charge in [-0.15, -0.1) is 0 Å². The van der Waals surface area contributed by atoms with Crippen molar-refractivity contribution in [2.45, 2.75) is 26.3 Å². The van der Waals surface area contributed by atoms with Crippen molar-refractivity contribution < 1.29 is 4.79 Å². The maximum atomic E-state index is 12.0. The van der Waals surface area contributed by atoms with Gasteiger partial charge in [-0.2, -0.15) is 5.10 Å². The second kappa shape index (κ2) is 11.3. The zero-order chi connectivity index (χ0) is 18.6. The molecule has 0 aliphatic carbocycles. The Labute approximate surface area is 162 Å². The molecule has 26 heavy (non-hydrogen) atoms. The minimum Gasteiger partial charge on any atom is -0.357 e. The summed E-state index contributed by atoms with van der Waals surface area (Å²) in [4.78, 5) is 16.5. The first-order valence-electron chi connectivity index (χ1n) is 8.72. The number of hydrogen-bond donors (Lipinski definition) is 3. The molecular weight excluding hydrogens is 396 g/mol. The van der Waals surface area contributed by atoms with Crippen molar-refractivity contribution in [3.63, 3.8) is 0 Å². The van der Waals surface area contributed by atoms with E-state index in [0.717, 1.165) is 35.6 Å². The first-order valence-corrected chi connectivity index (χ1v) is 9.51. The number of anilines is 1. The van der Waals surface area contributed by atoms with E-state index in [1.165, 1.54) is 0 Å². The summed E-state index contributed by atoms with van der Waals surface area (Å²) in [5.41, 5.74) is 0.789. The molecular formula is C18H25BrN6O. The molecule has 1 heterocycles. The van der Waals surface area contributed by atoms with E-state index < -0.39 is 0 Å². The van der Waals surface area contributed by atoms with Gasteiger partial charge in [-0.05, 0) is 43.7 Å². The number of nitrogens with one attached hydrogen (secondary N) is 3. The Hall–Kier alpha value is -2.35. The van der Waals surface area contributed by atoms with Crippen LogP contribution in [0.25, 0.3) is 0 Å². The fourth-order valence-electron chi connectivity index (χ4n) is 2.25. The molecule has 1 aromatic heterocycles. The Morgan fingerprint density at radius 3 is 2.77 bits per heavy atom. The summed E-state index contributed by atoms with van der Waals surface area (Å²) in [6, 6.07) is 9.43. The van der Waals surface area contributed by atoms with Crippen LogP contribution < -0.4 is 16.0 Å². The van der Waals surface area contributed by atoms with Gasteiger partial charge in [-0.3, -0.25) is 14.5 Å². The molecule has 8 heteroatoms. The predicted molar refractivity (Wildman–Crippen MR) is 108 cm³/mol. The first kappa shape index (κ1) is 20.0. The number of rotatable bonds is 9. The van der Waals surface area contributed by atoms with Gasteiger partial charge in [0.15, 0.2) is 5.96 Å². The number of hydrogen-bond acceptors (Lipinski definition) is 3. The van der Waals surface area contributed by atoms with Crippen LogP contribution in [0.5, 0.6) is 0 Å². The Kier molecular flexibility index (Phi) is 8.68. The second-order valence-corrected chi connectivity index (χ2v) is 6.53. The van der Waals surface area contributed by atoms with Crippen molar-refractivity contribution in [1.29, 1.82) is 0 Å². The van der Waals surface area contributed by atoms with E-state index in [2.05, 4.69) is 42.0 Å². The van der Waals surface area contributed by atoms with Gasteiger partial charge >= 0.3 is 0 Å². The molecule has 0 fully saturated rings. The van der Waals surface area contributed by atoms with Crippen molar-refractivity contribution in [3.8, 4) is 0 Å². The van der Waals surface area contributed by atoms with E-state index in [-0.39, 0.29) is 5.91 Å². The van der Waals surface area contributed by atoms with Gasteiger partial charge in [-0.25, -0.2) is 0 Å². The maximum absolute atomic E-state index is 12.0. The fourth-order valence-corrected chi connectivity index (χ4v) is 2.51. The zero-order valence-electron chi connectivity index (χ0n) is 14.9.